The van der Waals surface area contributed by atoms with E-state index < -0.39 is 0 Å². The van der Waals surface area contributed by atoms with Crippen molar-refractivity contribution >= 4 is 11.6 Å². The van der Waals surface area contributed by atoms with E-state index >= 15 is 0 Å². The second kappa shape index (κ2) is 6.80. The summed E-state index contributed by atoms with van der Waals surface area (Å²) in [6, 6.07) is 11.3. The molecule has 0 saturated carbocycles. The Hall–Kier alpha value is -1.75. The predicted octanol–water partition coefficient (Wildman–Crippen LogP) is 3.22. The third-order valence-corrected chi connectivity index (χ3v) is 3.49. The van der Waals surface area contributed by atoms with Gasteiger partial charge in [0.1, 0.15) is 11.5 Å². The second-order valence-electron chi connectivity index (χ2n) is 4.81. The molecular weight excluding hydrogens is 288 g/mol. The Balaban J connectivity index is 2.49. The van der Waals surface area contributed by atoms with Gasteiger partial charge in [0.15, 0.2) is 0 Å². The monoisotopic (exact) mass is 306 g/mol. The molecule has 0 aliphatic rings. The molecule has 112 valence electrons. The van der Waals surface area contributed by atoms with Gasteiger partial charge in [0.05, 0.1) is 20.3 Å². The highest BCUT2D eigenvalue weighted by Gasteiger charge is 2.16. The van der Waals surface area contributed by atoms with Crippen LogP contribution in [-0.2, 0) is 0 Å². The lowest BCUT2D eigenvalue weighted by Crippen LogP contribution is -2.29. The van der Waals surface area contributed by atoms with Crippen LogP contribution in [-0.4, -0.2) is 14.2 Å². The second-order valence-corrected chi connectivity index (χ2v) is 5.24. The molecule has 4 nitrogen and oxygen atoms in total. The lowest BCUT2D eigenvalue weighted by molar-refractivity contribution is 0.392. The minimum atomic E-state index is -0.202. The quantitative estimate of drug-likeness (QED) is 0.658. The highest BCUT2D eigenvalue weighted by atomic mass is 35.5. The van der Waals surface area contributed by atoms with Gasteiger partial charge in [0.25, 0.3) is 0 Å². The molecule has 21 heavy (non-hydrogen) atoms. The van der Waals surface area contributed by atoms with Crippen molar-refractivity contribution in [2.24, 2.45) is 5.84 Å². The number of hydrazine groups is 1. The maximum absolute atomic E-state index is 6.14. The van der Waals surface area contributed by atoms with Crippen molar-refractivity contribution in [2.45, 2.75) is 13.0 Å². The Morgan fingerprint density at radius 3 is 2.00 bits per heavy atom. The van der Waals surface area contributed by atoms with Crippen LogP contribution in [0.15, 0.2) is 36.4 Å². The van der Waals surface area contributed by atoms with Crippen LogP contribution in [0.4, 0.5) is 0 Å². The maximum Gasteiger partial charge on any atom is 0.122 e. The number of rotatable bonds is 5. The fourth-order valence-corrected chi connectivity index (χ4v) is 2.61. The number of nitrogens with two attached hydrogens (primary N) is 1. The lowest BCUT2D eigenvalue weighted by atomic mass is 9.97. The molecule has 2 aromatic rings. The number of hydrogen-bond donors (Lipinski definition) is 2. The van der Waals surface area contributed by atoms with Gasteiger partial charge in [-0.1, -0.05) is 17.7 Å². The molecule has 0 saturated heterocycles. The van der Waals surface area contributed by atoms with Crippen LogP contribution in [0.3, 0.4) is 0 Å². The van der Waals surface area contributed by atoms with Crippen molar-refractivity contribution in [2.75, 3.05) is 14.2 Å². The Labute approximate surface area is 129 Å². The zero-order valence-electron chi connectivity index (χ0n) is 12.3. The first-order chi connectivity index (χ1) is 10.1. The Morgan fingerprint density at radius 2 is 1.52 bits per heavy atom. The largest absolute Gasteiger partial charge is 0.497 e. The van der Waals surface area contributed by atoms with Gasteiger partial charge in [-0.25, -0.2) is 5.43 Å². The topological polar surface area (TPSA) is 56.5 Å². The molecule has 0 aliphatic carbocycles. The zero-order chi connectivity index (χ0) is 15.4. The van der Waals surface area contributed by atoms with Crippen molar-refractivity contribution < 1.29 is 9.47 Å². The maximum atomic E-state index is 6.14. The van der Waals surface area contributed by atoms with Gasteiger partial charge >= 0.3 is 0 Å². The molecule has 5 heteroatoms. The summed E-state index contributed by atoms with van der Waals surface area (Å²) in [7, 11) is 3.24. The highest BCUT2D eigenvalue weighted by Crippen LogP contribution is 2.31. The molecule has 1 atom stereocenters. The van der Waals surface area contributed by atoms with Crippen molar-refractivity contribution in [3.63, 3.8) is 0 Å². The number of aryl methyl sites for hydroxylation is 1. The molecule has 0 fully saturated rings. The molecule has 0 amide bonds. The molecule has 2 aromatic carbocycles. The van der Waals surface area contributed by atoms with Gasteiger partial charge in [-0.15, -0.1) is 0 Å². The summed E-state index contributed by atoms with van der Waals surface area (Å²) < 4.78 is 10.6. The van der Waals surface area contributed by atoms with Gasteiger partial charge < -0.3 is 9.47 Å². The summed E-state index contributed by atoms with van der Waals surface area (Å²) in [6.45, 7) is 2.00. The lowest BCUT2D eigenvalue weighted by Gasteiger charge is -2.19. The molecule has 2 rings (SSSR count). The molecule has 0 heterocycles. The van der Waals surface area contributed by atoms with Crippen LogP contribution in [0.2, 0.25) is 5.02 Å². The standard InChI is InChI=1S/C16H19ClN2O2/c1-10-4-11(6-13(17)5-10)16(19-18)12-7-14(20-2)9-15(8-12)21-3/h4-9,16,19H,18H2,1-3H3. The molecule has 0 spiro atoms. The normalized spacial score (nSPS) is 12.0. The third-order valence-electron chi connectivity index (χ3n) is 3.27. The van der Waals surface area contributed by atoms with E-state index in [1.165, 1.54) is 0 Å². The molecule has 0 aromatic heterocycles. The first kappa shape index (κ1) is 15.6. The number of halogens is 1. The number of benzene rings is 2. The van der Waals surface area contributed by atoms with E-state index in [-0.39, 0.29) is 6.04 Å². The third kappa shape index (κ3) is 3.67. The van der Waals surface area contributed by atoms with Crippen LogP contribution >= 0.6 is 11.6 Å². The van der Waals surface area contributed by atoms with Gasteiger partial charge in [0.2, 0.25) is 0 Å². The van der Waals surface area contributed by atoms with E-state index in [1.54, 1.807) is 14.2 Å². The molecule has 3 N–H and O–H groups in total. The first-order valence-corrected chi connectivity index (χ1v) is 6.91. The summed E-state index contributed by atoms with van der Waals surface area (Å²) in [6.07, 6.45) is 0. The average molecular weight is 307 g/mol. The van der Waals surface area contributed by atoms with E-state index in [0.717, 1.165) is 16.7 Å². The Morgan fingerprint density at radius 1 is 0.952 bits per heavy atom. The Bertz CT molecular complexity index is 589. The van der Waals surface area contributed by atoms with Crippen LogP contribution in [0.5, 0.6) is 11.5 Å². The summed E-state index contributed by atoms with van der Waals surface area (Å²) >= 11 is 6.14. The molecular formula is C16H19ClN2O2. The highest BCUT2D eigenvalue weighted by molar-refractivity contribution is 6.30. The van der Waals surface area contributed by atoms with Crippen molar-refractivity contribution in [1.29, 1.82) is 0 Å². The van der Waals surface area contributed by atoms with Crippen LogP contribution in [0.1, 0.15) is 22.7 Å². The Kier molecular flexibility index (Phi) is 5.07. The summed E-state index contributed by atoms with van der Waals surface area (Å²) in [4.78, 5) is 0. The van der Waals surface area contributed by atoms with Gasteiger partial charge in [-0.2, -0.15) is 0 Å². The smallest absolute Gasteiger partial charge is 0.122 e. The van der Waals surface area contributed by atoms with E-state index in [0.29, 0.717) is 16.5 Å². The van der Waals surface area contributed by atoms with E-state index in [4.69, 9.17) is 26.9 Å². The van der Waals surface area contributed by atoms with Gasteiger partial charge in [0, 0.05) is 11.1 Å². The minimum absolute atomic E-state index is 0.202. The summed E-state index contributed by atoms with van der Waals surface area (Å²) in [5.74, 6) is 7.17. The molecule has 0 aliphatic heterocycles. The van der Waals surface area contributed by atoms with Crippen LogP contribution in [0.25, 0.3) is 0 Å². The SMILES string of the molecule is COc1cc(OC)cc(C(NN)c2cc(C)cc(Cl)c2)c1. The van der Waals surface area contributed by atoms with E-state index in [9.17, 15) is 0 Å². The van der Waals surface area contributed by atoms with Crippen molar-refractivity contribution in [3.8, 4) is 11.5 Å². The molecule has 0 bridgehead atoms. The summed E-state index contributed by atoms with van der Waals surface area (Å²) in [5.41, 5.74) is 5.82. The molecule has 0 radical (unpaired) electrons. The van der Waals surface area contributed by atoms with Crippen LogP contribution in [0, 0.1) is 6.92 Å². The number of nitrogens with one attached hydrogen (secondary N) is 1. The fraction of sp³-hybridized carbons (Fsp3) is 0.250. The predicted molar refractivity (Wildman–Crippen MR) is 84.9 cm³/mol. The van der Waals surface area contributed by atoms with Crippen molar-refractivity contribution in [3.05, 3.63) is 58.1 Å². The summed E-state index contributed by atoms with van der Waals surface area (Å²) in [5, 5.41) is 0.681. The first-order valence-electron chi connectivity index (χ1n) is 6.53. The molecule has 1 unspecified atom stereocenters. The number of hydrogen-bond acceptors (Lipinski definition) is 4. The minimum Gasteiger partial charge on any atom is -0.497 e. The van der Waals surface area contributed by atoms with Gasteiger partial charge in [-0.3, -0.25) is 5.84 Å². The number of ether oxygens (including phenoxy) is 2. The van der Waals surface area contributed by atoms with E-state index in [1.807, 2.05) is 43.3 Å². The average Bonchev–Trinajstić information content (AvgIpc) is 2.46. The van der Waals surface area contributed by atoms with E-state index in [2.05, 4.69) is 5.43 Å². The van der Waals surface area contributed by atoms with Gasteiger partial charge in [-0.05, 0) is 47.9 Å². The fourth-order valence-electron chi connectivity index (χ4n) is 2.31. The zero-order valence-corrected chi connectivity index (χ0v) is 13.1. The number of methoxy groups -OCH3 is 2. The van der Waals surface area contributed by atoms with Crippen molar-refractivity contribution in [1.82, 2.24) is 5.43 Å². The van der Waals surface area contributed by atoms with Crippen LogP contribution < -0.4 is 20.7 Å².